The number of anilines is 1. The number of nitrogens with one attached hydrogen (secondary N) is 1. The molecule has 2 heterocycles. The van der Waals surface area contributed by atoms with Crippen molar-refractivity contribution in [2.75, 3.05) is 18.4 Å². The van der Waals surface area contributed by atoms with Crippen molar-refractivity contribution >= 4 is 33.2 Å². The smallest absolute Gasteiger partial charge is 0.261 e. The maximum absolute atomic E-state index is 13.4. The van der Waals surface area contributed by atoms with E-state index >= 15 is 0 Å². The van der Waals surface area contributed by atoms with Crippen LogP contribution in [-0.2, 0) is 11.9 Å². The van der Waals surface area contributed by atoms with Crippen LogP contribution in [0.25, 0.3) is 0 Å². The summed E-state index contributed by atoms with van der Waals surface area (Å²) in [5, 5.41) is 0.974. The van der Waals surface area contributed by atoms with Gasteiger partial charge in [-0.1, -0.05) is 24.3 Å². The molecular weight excluding hydrogens is 464 g/mol. The van der Waals surface area contributed by atoms with Crippen LogP contribution in [0.4, 0.5) is 14.5 Å². The van der Waals surface area contributed by atoms with Gasteiger partial charge in [0.05, 0.1) is 18.3 Å². The fraction of sp³-hybridized carbons (Fsp3) is 0.240. The third-order valence-electron chi connectivity index (χ3n) is 5.73. The molecule has 1 fully saturated rings. The van der Waals surface area contributed by atoms with Crippen LogP contribution in [0.15, 0.2) is 67.0 Å². The van der Waals surface area contributed by atoms with Gasteiger partial charge in [0.25, 0.3) is 11.8 Å². The van der Waals surface area contributed by atoms with Crippen LogP contribution in [0.2, 0.25) is 0 Å². The van der Waals surface area contributed by atoms with Gasteiger partial charge in [0.2, 0.25) is 5.91 Å². The second-order valence-corrected chi connectivity index (χ2v) is 8.72. The van der Waals surface area contributed by atoms with Gasteiger partial charge in [0, 0.05) is 42.4 Å². The number of nitrogens with zero attached hydrogens (tertiary/aromatic N) is 2. The van der Waals surface area contributed by atoms with Gasteiger partial charge < -0.3 is 15.8 Å². The van der Waals surface area contributed by atoms with E-state index in [1.54, 1.807) is 53.4 Å². The molecule has 1 aromatic heterocycles. The second kappa shape index (κ2) is 10.1. The van der Waals surface area contributed by atoms with Crippen LogP contribution in [0, 0.1) is 0 Å². The first-order valence-electron chi connectivity index (χ1n) is 11.1. The summed E-state index contributed by atoms with van der Waals surface area (Å²) in [6, 6.07) is 14.6. The molecule has 0 aliphatic carbocycles. The van der Waals surface area contributed by atoms with Crippen LogP contribution >= 0.6 is 0 Å². The highest BCUT2D eigenvalue weighted by Gasteiger charge is 2.37. The van der Waals surface area contributed by atoms with E-state index in [1.165, 1.54) is 18.5 Å². The number of nitrogens with two attached hydrogens (primary N) is 1. The lowest BCUT2D eigenvalue weighted by molar-refractivity contribution is 0.0115. The predicted octanol–water partition coefficient (Wildman–Crippen LogP) is 2.80. The van der Waals surface area contributed by atoms with Crippen molar-refractivity contribution in [1.82, 2.24) is 9.88 Å². The first-order valence-corrected chi connectivity index (χ1v) is 11.1. The Labute approximate surface area is 209 Å². The molecule has 0 bridgehead atoms. The van der Waals surface area contributed by atoms with Gasteiger partial charge >= 0.3 is 0 Å². The first kappa shape index (κ1) is 25.4. The molecule has 1 aliphatic heterocycles. The molecule has 0 unspecified atom stereocenters. The maximum atomic E-state index is 13.4. The molecule has 0 saturated carbocycles. The Bertz CT molecular complexity index is 1270. The van der Waals surface area contributed by atoms with E-state index in [4.69, 9.17) is 26.2 Å². The third-order valence-corrected chi connectivity index (χ3v) is 5.73. The molecule has 2 aromatic carbocycles. The molecular formula is C25H22B2F2N4O3. The number of aromatic nitrogens is 1. The highest BCUT2D eigenvalue weighted by Crippen LogP contribution is 2.28. The van der Waals surface area contributed by atoms with Gasteiger partial charge in [-0.15, -0.1) is 0 Å². The SMILES string of the molecule is [B]C([B])(Oc1cncc(C(N)=O)c1)c1cccc(NC(=O)c2ccc(CN3CCC(F)(F)C3)cc2)c1. The Hall–Kier alpha value is -3.72. The van der Waals surface area contributed by atoms with Gasteiger partial charge in [0.15, 0.2) is 0 Å². The molecule has 36 heavy (non-hydrogen) atoms. The van der Waals surface area contributed by atoms with Crippen LogP contribution in [0.3, 0.4) is 0 Å². The second-order valence-electron chi connectivity index (χ2n) is 8.72. The minimum atomic E-state index is -2.64. The molecule has 0 spiro atoms. The summed E-state index contributed by atoms with van der Waals surface area (Å²) in [7, 11) is 12.3. The number of ether oxygens (including phenoxy) is 1. The van der Waals surface area contributed by atoms with Gasteiger partial charge in [0.1, 0.15) is 21.4 Å². The van der Waals surface area contributed by atoms with E-state index in [-0.39, 0.29) is 30.2 Å². The van der Waals surface area contributed by atoms with Gasteiger partial charge in [-0.25, -0.2) is 8.78 Å². The standard InChI is InChI=1S/C25H22B2F2N4O3/c26-25(27,36-21-10-18(22(30)34)12-31-13-21)19-2-1-3-20(11-19)32-23(35)17-6-4-16(5-7-17)14-33-9-8-24(28,29)15-33/h1-7,10-13H,8-9,14-15H2,(H2,30,34)(H,32,35). The summed E-state index contributed by atoms with van der Waals surface area (Å²) in [4.78, 5) is 29.7. The lowest BCUT2D eigenvalue weighted by atomic mass is 9.61. The molecule has 11 heteroatoms. The summed E-state index contributed by atoms with van der Waals surface area (Å²) < 4.78 is 32.4. The topological polar surface area (TPSA) is 97.5 Å². The van der Waals surface area contributed by atoms with E-state index < -0.39 is 17.2 Å². The number of hydrogen-bond acceptors (Lipinski definition) is 5. The van der Waals surface area contributed by atoms with Crippen molar-refractivity contribution < 1.29 is 23.1 Å². The van der Waals surface area contributed by atoms with E-state index in [2.05, 4.69) is 10.3 Å². The van der Waals surface area contributed by atoms with Crippen LogP contribution < -0.4 is 15.8 Å². The van der Waals surface area contributed by atoms with Crippen molar-refractivity contribution in [3.8, 4) is 5.75 Å². The summed E-state index contributed by atoms with van der Waals surface area (Å²) in [6.45, 7) is 0.477. The molecule has 4 radical (unpaired) electrons. The Morgan fingerprint density at radius 1 is 1.11 bits per heavy atom. The molecule has 7 nitrogen and oxygen atoms in total. The summed E-state index contributed by atoms with van der Waals surface area (Å²) in [5.41, 5.74) is 7.41. The number of amides is 2. The quantitative estimate of drug-likeness (QED) is 0.478. The fourth-order valence-corrected chi connectivity index (χ4v) is 3.87. The van der Waals surface area contributed by atoms with Crippen molar-refractivity contribution in [3.63, 3.8) is 0 Å². The Morgan fingerprint density at radius 2 is 1.86 bits per heavy atom. The zero-order valence-corrected chi connectivity index (χ0v) is 19.3. The average molecular weight is 486 g/mol. The lowest BCUT2D eigenvalue weighted by Gasteiger charge is -2.29. The zero-order chi connectivity index (χ0) is 25.9. The minimum absolute atomic E-state index is 0.133. The van der Waals surface area contributed by atoms with Crippen LogP contribution in [0.1, 0.15) is 38.3 Å². The van der Waals surface area contributed by atoms with Crippen LogP contribution in [-0.4, -0.2) is 56.4 Å². The lowest BCUT2D eigenvalue weighted by Crippen LogP contribution is -2.34. The highest BCUT2D eigenvalue weighted by molar-refractivity contribution is 6.39. The molecule has 1 aliphatic rings. The Balaban J connectivity index is 1.40. The molecule has 0 atom stereocenters. The van der Waals surface area contributed by atoms with E-state index in [0.29, 0.717) is 29.9 Å². The number of halogens is 2. The summed E-state index contributed by atoms with van der Waals surface area (Å²) in [5.74, 6) is -3.55. The van der Waals surface area contributed by atoms with Gasteiger partial charge in [-0.3, -0.25) is 19.5 Å². The monoisotopic (exact) mass is 486 g/mol. The number of likely N-dealkylation sites (tertiary alicyclic amines) is 1. The average Bonchev–Trinajstić information content (AvgIpc) is 3.17. The zero-order valence-electron chi connectivity index (χ0n) is 19.3. The summed E-state index contributed by atoms with van der Waals surface area (Å²) in [6.07, 6.45) is 2.49. The molecule has 1 saturated heterocycles. The first-order chi connectivity index (χ1) is 17.0. The normalized spacial score (nSPS) is 15.4. The van der Waals surface area contributed by atoms with Crippen molar-refractivity contribution in [2.45, 2.75) is 24.3 Å². The number of primary amides is 1. The number of alkyl halides is 2. The van der Waals surface area contributed by atoms with Crippen molar-refractivity contribution in [3.05, 3.63) is 89.2 Å². The van der Waals surface area contributed by atoms with Gasteiger partial charge in [-0.2, -0.15) is 0 Å². The van der Waals surface area contributed by atoms with Crippen LogP contribution in [0.5, 0.6) is 5.75 Å². The fourth-order valence-electron chi connectivity index (χ4n) is 3.87. The number of benzene rings is 2. The predicted molar refractivity (Wildman–Crippen MR) is 132 cm³/mol. The van der Waals surface area contributed by atoms with Crippen molar-refractivity contribution in [2.24, 2.45) is 5.73 Å². The highest BCUT2D eigenvalue weighted by atomic mass is 19.3. The molecule has 3 aromatic rings. The molecule has 2 amide bonds. The van der Waals surface area contributed by atoms with E-state index in [1.807, 2.05) is 0 Å². The minimum Gasteiger partial charge on any atom is -0.501 e. The number of pyridine rings is 1. The van der Waals surface area contributed by atoms with E-state index in [0.717, 1.165) is 5.56 Å². The van der Waals surface area contributed by atoms with Gasteiger partial charge in [-0.05, 0) is 41.5 Å². The molecule has 3 N–H and O–H groups in total. The van der Waals surface area contributed by atoms with Crippen molar-refractivity contribution in [1.29, 1.82) is 0 Å². The molecule has 180 valence electrons. The Kier molecular flexibility index (Phi) is 7.12. The molecule has 4 rings (SSSR count). The number of rotatable bonds is 8. The maximum Gasteiger partial charge on any atom is 0.261 e. The number of carbonyl (C=O) groups excluding carboxylic acids is 2. The third kappa shape index (κ3) is 6.28. The Morgan fingerprint density at radius 3 is 2.53 bits per heavy atom. The summed E-state index contributed by atoms with van der Waals surface area (Å²) >= 11 is 0. The number of hydrogen-bond donors (Lipinski definition) is 2. The van der Waals surface area contributed by atoms with E-state index in [9.17, 15) is 18.4 Å². The number of carbonyl (C=O) groups is 2. The largest absolute Gasteiger partial charge is 0.501 e.